The van der Waals surface area contributed by atoms with Crippen LogP contribution < -0.4 is 4.74 Å². The van der Waals surface area contributed by atoms with Crippen LogP contribution in [0, 0.1) is 0 Å². The van der Waals surface area contributed by atoms with Crippen molar-refractivity contribution in [2.24, 2.45) is 0 Å². The molecule has 0 bridgehead atoms. The van der Waals surface area contributed by atoms with Crippen LogP contribution in [0.15, 0.2) is 45.8 Å². The van der Waals surface area contributed by atoms with Gasteiger partial charge in [-0.2, -0.15) is 0 Å². The molecule has 0 aromatic heterocycles. The number of rotatable bonds is 3. The maximum Gasteiger partial charge on any atom is 0.261 e. The summed E-state index contributed by atoms with van der Waals surface area (Å²) in [5.74, 6) is 0.750. The summed E-state index contributed by atoms with van der Waals surface area (Å²) >= 11 is 15.1. The van der Waals surface area contributed by atoms with E-state index in [2.05, 4.69) is 15.9 Å². The van der Waals surface area contributed by atoms with Gasteiger partial charge in [0, 0.05) is 21.8 Å². The first kappa shape index (κ1) is 15.9. The summed E-state index contributed by atoms with van der Waals surface area (Å²) in [4.78, 5) is -0.0319. The molecule has 0 unspecified atom stereocenters. The highest BCUT2D eigenvalue weighted by Crippen LogP contribution is 2.36. The van der Waals surface area contributed by atoms with Gasteiger partial charge in [0.25, 0.3) is 9.05 Å². The quantitative estimate of drug-likeness (QED) is 0.623. The average molecular weight is 417 g/mol. The van der Waals surface area contributed by atoms with Gasteiger partial charge < -0.3 is 4.74 Å². The summed E-state index contributed by atoms with van der Waals surface area (Å²) in [6, 6.07) is 8.94. The minimum Gasteiger partial charge on any atom is -0.455 e. The third-order valence-corrected chi connectivity index (χ3v) is 4.82. The van der Waals surface area contributed by atoms with E-state index in [1.807, 2.05) is 0 Å². The predicted octanol–water partition coefficient (Wildman–Crippen LogP) is 5.48. The first-order valence-corrected chi connectivity index (χ1v) is 9.00. The lowest BCUT2D eigenvalue weighted by Gasteiger charge is -2.10. The highest BCUT2D eigenvalue weighted by molar-refractivity contribution is 9.10. The molecule has 0 aliphatic carbocycles. The molecule has 0 N–H and O–H groups in total. The second-order valence-electron chi connectivity index (χ2n) is 3.71. The van der Waals surface area contributed by atoms with Crippen molar-refractivity contribution >= 4 is 58.9 Å². The molecule has 2 aromatic rings. The molecule has 3 nitrogen and oxygen atoms in total. The van der Waals surface area contributed by atoms with Gasteiger partial charge in [-0.05, 0) is 46.3 Å². The van der Waals surface area contributed by atoms with E-state index in [-0.39, 0.29) is 4.90 Å². The fourth-order valence-corrected chi connectivity index (χ4v) is 3.10. The van der Waals surface area contributed by atoms with Crippen LogP contribution in [0.3, 0.4) is 0 Å². The van der Waals surface area contributed by atoms with Crippen molar-refractivity contribution in [1.29, 1.82) is 0 Å². The molecule has 20 heavy (non-hydrogen) atoms. The lowest BCUT2D eigenvalue weighted by molar-refractivity contribution is 0.479. The molecule has 106 valence electrons. The van der Waals surface area contributed by atoms with E-state index >= 15 is 0 Å². The maximum atomic E-state index is 11.2. The van der Waals surface area contributed by atoms with Crippen LogP contribution in [0.1, 0.15) is 0 Å². The standard InChI is InChI=1S/C12H6BrCl3O3S/c13-9-6-8(20(16,17)18)2-4-11(9)19-12-5-7(14)1-3-10(12)15/h1-6H. The van der Waals surface area contributed by atoms with Gasteiger partial charge in [0.2, 0.25) is 0 Å². The lowest BCUT2D eigenvalue weighted by atomic mass is 10.3. The molecule has 0 aliphatic heterocycles. The van der Waals surface area contributed by atoms with E-state index in [1.165, 1.54) is 18.2 Å². The Bertz CT molecular complexity index is 763. The smallest absolute Gasteiger partial charge is 0.261 e. The average Bonchev–Trinajstić information content (AvgIpc) is 2.35. The van der Waals surface area contributed by atoms with Crippen LogP contribution in [-0.2, 0) is 9.05 Å². The molecule has 0 amide bonds. The Kier molecular flexibility index (Phi) is 4.87. The number of halogens is 4. The van der Waals surface area contributed by atoms with E-state index in [0.717, 1.165) is 0 Å². The molecule has 0 fully saturated rings. The Morgan fingerprint density at radius 3 is 2.30 bits per heavy atom. The van der Waals surface area contributed by atoms with E-state index in [1.54, 1.807) is 18.2 Å². The van der Waals surface area contributed by atoms with Crippen molar-refractivity contribution in [2.45, 2.75) is 4.90 Å². The SMILES string of the molecule is O=S(=O)(Cl)c1ccc(Oc2cc(Cl)ccc2Cl)c(Br)c1. The Morgan fingerprint density at radius 2 is 1.70 bits per heavy atom. The molecular formula is C12H6BrCl3O3S. The van der Waals surface area contributed by atoms with Crippen molar-refractivity contribution in [2.75, 3.05) is 0 Å². The zero-order valence-electron chi connectivity index (χ0n) is 9.61. The van der Waals surface area contributed by atoms with Crippen LogP contribution in [0.2, 0.25) is 10.0 Å². The number of hydrogen-bond donors (Lipinski definition) is 0. The van der Waals surface area contributed by atoms with Gasteiger partial charge in [-0.3, -0.25) is 0 Å². The van der Waals surface area contributed by atoms with Crippen molar-refractivity contribution in [3.8, 4) is 11.5 Å². The molecule has 8 heteroatoms. The molecule has 0 aliphatic rings. The summed E-state index contributed by atoms with van der Waals surface area (Å²) < 4.78 is 28.5. The maximum absolute atomic E-state index is 11.2. The topological polar surface area (TPSA) is 43.4 Å². The Morgan fingerprint density at radius 1 is 1.00 bits per heavy atom. The number of benzene rings is 2. The van der Waals surface area contributed by atoms with Gasteiger partial charge in [-0.1, -0.05) is 23.2 Å². The summed E-state index contributed by atoms with van der Waals surface area (Å²) in [6.07, 6.45) is 0. The van der Waals surface area contributed by atoms with Crippen LogP contribution >= 0.6 is 49.8 Å². The zero-order valence-corrected chi connectivity index (χ0v) is 14.3. The number of hydrogen-bond acceptors (Lipinski definition) is 3. The number of ether oxygens (including phenoxy) is 1. The summed E-state index contributed by atoms with van der Waals surface area (Å²) in [5.41, 5.74) is 0. The largest absolute Gasteiger partial charge is 0.455 e. The van der Waals surface area contributed by atoms with Gasteiger partial charge in [0.15, 0.2) is 0 Å². The molecule has 2 rings (SSSR count). The monoisotopic (exact) mass is 414 g/mol. The molecule has 0 atom stereocenters. The Hall–Kier alpha value is -0.460. The van der Waals surface area contributed by atoms with Gasteiger partial charge in [-0.15, -0.1) is 0 Å². The third kappa shape index (κ3) is 3.80. The minimum absolute atomic E-state index is 0.0319. The zero-order chi connectivity index (χ0) is 14.9. The van der Waals surface area contributed by atoms with Crippen molar-refractivity contribution in [3.05, 3.63) is 50.9 Å². The van der Waals surface area contributed by atoms with Crippen molar-refractivity contribution < 1.29 is 13.2 Å². The lowest BCUT2D eigenvalue weighted by Crippen LogP contribution is -1.92. The summed E-state index contributed by atoms with van der Waals surface area (Å²) in [6.45, 7) is 0. The van der Waals surface area contributed by atoms with Crippen molar-refractivity contribution in [3.63, 3.8) is 0 Å². The van der Waals surface area contributed by atoms with Crippen LogP contribution in [-0.4, -0.2) is 8.42 Å². The molecule has 0 radical (unpaired) electrons. The minimum atomic E-state index is -3.79. The Balaban J connectivity index is 2.38. The van der Waals surface area contributed by atoms with Crippen LogP contribution in [0.5, 0.6) is 11.5 Å². The van der Waals surface area contributed by atoms with Gasteiger partial charge >= 0.3 is 0 Å². The van der Waals surface area contributed by atoms with Crippen LogP contribution in [0.4, 0.5) is 0 Å². The molecule has 2 aromatic carbocycles. The van der Waals surface area contributed by atoms with E-state index < -0.39 is 9.05 Å². The van der Waals surface area contributed by atoms with Gasteiger partial charge in [0.1, 0.15) is 11.5 Å². The summed E-state index contributed by atoms with van der Waals surface area (Å²) in [5, 5.41) is 0.857. The van der Waals surface area contributed by atoms with Gasteiger partial charge in [0.05, 0.1) is 14.4 Å². The molecule has 0 spiro atoms. The second-order valence-corrected chi connectivity index (χ2v) is 7.97. The van der Waals surface area contributed by atoms with E-state index in [4.69, 9.17) is 38.6 Å². The predicted molar refractivity (Wildman–Crippen MR) is 83.7 cm³/mol. The van der Waals surface area contributed by atoms with Gasteiger partial charge in [-0.25, -0.2) is 8.42 Å². The fourth-order valence-electron chi connectivity index (χ4n) is 1.39. The molecule has 0 saturated heterocycles. The highest BCUT2D eigenvalue weighted by Gasteiger charge is 2.14. The van der Waals surface area contributed by atoms with E-state index in [0.29, 0.717) is 26.0 Å². The molecule has 0 heterocycles. The highest BCUT2D eigenvalue weighted by atomic mass is 79.9. The second kappa shape index (κ2) is 6.12. The summed E-state index contributed by atoms with van der Waals surface area (Å²) in [7, 11) is 1.47. The first-order valence-electron chi connectivity index (χ1n) is 5.14. The van der Waals surface area contributed by atoms with Crippen LogP contribution in [0.25, 0.3) is 0 Å². The van der Waals surface area contributed by atoms with Crippen molar-refractivity contribution in [1.82, 2.24) is 0 Å². The third-order valence-electron chi connectivity index (χ3n) is 2.30. The molecular weight excluding hydrogens is 410 g/mol. The Labute approximate surface area is 139 Å². The molecule has 0 saturated carbocycles. The normalized spacial score (nSPS) is 11.4. The van der Waals surface area contributed by atoms with E-state index in [9.17, 15) is 8.42 Å². The first-order chi connectivity index (χ1) is 9.27. The fraction of sp³-hybridized carbons (Fsp3) is 0.